The van der Waals surface area contributed by atoms with Crippen molar-refractivity contribution in [1.82, 2.24) is 14.9 Å². The molecule has 1 fully saturated rings. The molecule has 0 radical (unpaired) electrons. The van der Waals surface area contributed by atoms with Gasteiger partial charge in [-0.2, -0.15) is 0 Å². The average molecular weight is 251 g/mol. The molecule has 1 N–H and O–H groups in total. The Hall–Kier alpha value is -0.870. The van der Waals surface area contributed by atoms with Crippen molar-refractivity contribution in [3.63, 3.8) is 0 Å². The number of aromatic nitrogens is 2. The van der Waals surface area contributed by atoms with Crippen LogP contribution in [0, 0.1) is 5.92 Å². The van der Waals surface area contributed by atoms with E-state index in [0.29, 0.717) is 6.04 Å². The molecule has 1 aliphatic rings. The first-order valence-corrected chi connectivity index (χ1v) is 7.08. The van der Waals surface area contributed by atoms with Crippen LogP contribution in [0.1, 0.15) is 44.8 Å². The number of hydrogen-bond acceptors (Lipinski definition) is 3. The van der Waals surface area contributed by atoms with Gasteiger partial charge in [0.2, 0.25) is 0 Å². The summed E-state index contributed by atoms with van der Waals surface area (Å²) >= 11 is 0. The SMILES string of the molecule is CC(C)CCOCCn1cncc1C1CCCN1. The van der Waals surface area contributed by atoms with Crippen LogP contribution in [-0.2, 0) is 11.3 Å². The summed E-state index contributed by atoms with van der Waals surface area (Å²) in [5.74, 6) is 0.719. The molecule has 1 aliphatic heterocycles. The van der Waals surface area contributed by atoms with Crippen molar-refractivity contribution in [2.24, 2.45) is 5.92 Å². The van der Waals surface area contributed by atoms with Crippen LogP contribution in [0.15, 0.2) is 12.5 Å². The Balaban J connectivity index is 1.74. The summed E-state index contributed by atoms with van der Waals surface area (Å²) < 4.78 is 7.89. The number of nitrogens with zero attached hydrogens (tertiary/aromatic N) is 2. The maximum absolute atomic E-state index is 5.67. The predicted octanol–water partition coefficient (Wildman–Crippen LogP) is 2.37. The van der Waals surface area contributed by atoms with Crippen LogP contribution >= 0.6 is 0 Å². The molecule has 0 spiro atoms. The third kappa shape index (κ3) is 3.82. The smallest absolute Gasteiger partial charge is 0.0949 e. The fourth-order valence-corrected chi connectivity index (χ4v) is 2.33. The topological polar surface area (TPSA) is 39.1 Å². The van der Waals surface area contributed by atoms with Gasteiger partial charge in [-0.15, -0.1) is 0 Å². The minimum Gasteiger partial charge on any atom is -0.380 e. The minimum atomic E-state index is 0.489. The number of imidazole rings is 1. The van der Waals surface area contributed by atoms with E-state index >= 15 is 0 Å². The monoisotopic (exact) mass is 251 g/mol. The van der Waals surface area contributed by atoms with Gasteiger partial charge in [0, 0.05) is 25.4 Å². The van der Waals surface area contributed by atoms with Gasteiger partial charge in [0.25, 0.3) is 0 Å². The van der Waals surface area contributed by atoms with Crippen LogP contribution in [0.25, 0.3) is 0 Å². The largest absolute Gasteiger partial charge is 0.380 e. The normalized spacial score (nSPS) is 19.8. The molecule has 2 heterocycles. The van der Waals surface area contributed by atoms with Gasteiger partial charge in [0.05, 0.1) is 18.6 Å². The molecule has 1 unspecified atom stereocenters. The molecule has 102 valence electrons. The van der Waals surface area contributed by atoms with Crippen LogP contribution in [-0.4, -0.2) is 29.3 Å². The Morgan fingerprint density at radius 3 is 3.11 bits per heavy atom. The third-order valence-corrected chi connectivity index (χ3v) is 3.48. The molecule has 0 bridgehead atoms. The van der Waals surface area contributed by atoms with E-state index in [1.165, 1.54) is 18.5 Å². The van der Waals surface area contributed by atoms with Gasteiger partial charge in [-0.25, -0.2) is 4.98 Å². The molecule has 0 saturated carbocycles. The van der Waals surface area contributed by atoms with Crippen molar-refractivity contribution >= 4 is 0 Å². The van der Waals surface area contributed by atoms with Gasteiger partial charge in [0.15, 0.2) is 0 Å². The molecular formula is C14H25N3O. The molecule has 4 heteroatoms. The van der Waals surface area contributed by atoms with Gasteiger partial charge >= 0.3 is 0 Å². The number of hydrogen-bond donors (Lipinski definition) is 1. The highest BCUT2D eigenvalue weighted by Gasteiger charge is 2.19. The highest BCUT2D eigenvalue weighted by molar-refractivity contribution is 5.07. The lowest BCUT2D eigenvalue weighted by molar-refractivity contribution is 0.115. The third-order valence-electron chi connectivity index (χ3n) is 3.48. The van der Waals surface area contributed by atoms with E-state index in [-0.39, 0.29) is 0 Å². The second kappa shape index (κ2) is 6.90. The molecule has 0 aliphatic carbocycles. The second-order valence-electron chi connectivity index (χ2n) is 5.46. The predicted molar refractivity (Wildman–Crippen MR) is 72.5 cm³/mol. The van der Waals surface area contributed by atoms with E-state index in [2.05, 4.69) is 28.7 Å². The molecule has 1 aromatic heterocycles. The summed E-state index contributed by atoms with van der Waals surface area (Å²) in [5, 5.41) is 3.51. The van der Waals surface area contributed by atoms with Crippen molar-refractivity contribution in [2.75, 3.05) is 19.8 Å². The van der Waals surface area contributed by atoms with E-state index in [4.69, 9.17) is 4.74 Å². The van der Waals surface area contributed by atoms with Crippen LogP contribution in [0.5, 0.6) is 0 Å². The molecular weight excluding hydrogens is 226 g/mol. The van der Waals surface area contributed by atoms with Crippen molar-refractivity contribution in [3.8, 4) is 0 Å². The molecule has 2 rings (SSSR count). The van der Waals surface area contributed by atoms with Gasteiger partial charge in [0.1, 0.15) is 0 Å². The Kier molecular flexibility index (Phi) is 5.20. The van der Waals surface area contributed by atoms with Gasteiger partial charge < -0.3 is 14.6 Å². The zero-order valence-corrected chi connectivity index (χ0v) is 11.6. The fourth-order valence-electron chi connectivity index (χ4n) is 2.33. The Labute approximate surface area is 110 Å². The Morgan fingerprint density at radius 1 is 1.50 bits per heavy atom. The molecule has 18 heavy (non-hydrogen) atoms. The molecule has 1 aromatic rings. The summed E-state index contributed by atoms with van der Waals surface area (Å²) in [5.41, 5.74) is 1.31. The van der Waals surface area contributed by atoms with E-state index in [9.17, 15) is 0 Å². The zero-order valence-electron chi connectivity index (χ0n) is 11.6. The first-order chi connectivity index (χ1) is 8.77. The van der Waals surface area contributed by atoms with Crippen LogP contribution in [0.4, 0.5) is 0 Å². The summed E-state index contributed by atoms with van der Waals surface area (Å²) in [6.45, 7) is 8.13. The maximum atomic E-state index is 5.67. The molecule has 0 amide bonds. The van der Waals surface area contributed by atoms with Crippen molar-refractivity contribution in [2.45, 2.75) is 45.7 Å². The zero-order chi connectivity index (χ0) is 12.8. The quantitative estimate of drug-likeness (QED) is 0.756. The van der Waals surface area contributed by atoms with Crippen molar-refractivity contribution in [1.29, 1.82) is 0 Å². The van der Waals surface area contributed by atoms with Crippen LogP contribution in [0.2, 0.25) is 0 Å². The second-order valence-corrected chi connectivity index (χ2v) is 5.46. The van der Waals surface area contributed by atoms with E-state index in [1.54, 1.807) is 0 Å². The molecule has 1 saturated heterocycles. The Bertz CT molecular complexity index is 343. The summed E-state index contributed by atoms with van der Waals surface area (Å²) in [6, 6.07) is 0.489. The first-order valence-electron chi connectivity index (χ1n) is 7.08. The van der Waals surface area contributed by atoms with Crippen molar-refractivity contribution in [3.05, 3.63) is 18.2 Å². The van der Waals surface area contributed by atoms with Crippen LogP contribution < -0.4 is 5.32 Å². The maximum Gasteiger partial charge on any atom is 0.0949 e. The lowest BCUT2D eigenvalue weighted by atomic mass is 10.1. The summed E-state index contributed by atoms with van der Waals surface area (Å²) in [7, 11) is 0. The van der Waals surface area contributed by atoms with E-state index in [0.717, 1.165) is 38.6 Å². The fraction of sp³-hybridized carbons (Fsp3) is 0.786. The number of rotatable bonds is 7. The van der Waals surface area contributed by atoms with Crippen molar-refractivity contribution < 1.29 is 4.74 Å². The summed E-state index contributed by atoms with van der Waals surface area (Å²) in [4.78, 5) is 4.26. The Morgan fingerprint density at radius 2 is 2.39 bits per heavy atom. The highest BCUT2D eigenvalue weighted by atomic mass is 16.5. The standard InChI is InChI=1S/C14H25N3O/c1-12(2)5-8-18-9-7-17-11-15-10-14(17)13-4-3-6-16-13/h10-13,16H,3-9H2,1-2H3. The summed E-state index contributed by atoms with van der Waals surface area (Å²) in [6.07, 6.45) is 7.53. The molecule has 1 atom stereocenters. The van der Waals surface area contributed by atoms with E-state index in [1.807, 2.05) is 12.5 Å². The lowest BCUT2D eigenvalue weighted by Gasteiger charge is -2.14. The van der Waals surface area contributed by atoms with E-state index < -0.39 is 0 Å². The van der Waals surface area contributed by atoms with Crippen LogP contribution in [0.3, 0.4) is 0 Å². The highest BCUT2D eigenvalue weighted by Crippen LogP contribution is 2.22. The number of nitrogens with one attached hydrogen (secondary N) is 1. The molecule has 4 nitrogen and oxygen atoms in total. The molecule has 0 aromatic carbocycles. The van der Waals surface area contributed by atoms with Gasteiger partial charge in [-0.3, -0.25) is 0 Å². The number of ether oxygens (including phenoxy) is 1. The van der Waals surface area contributed by atoms with Gasteiger partial charge in [-0.1, -0.05) is 13.8 Å². The first kappa shape index (κ1) is 13.6. The van der Waals surface area contributed by atoms with Gasteiger partial charge in [-0.05, 0) is 31.7 Å². The average Bonchev–Trinajstić information content (AvgIpc) is 2.97. The minimum absolute atomic E-state index is 0.489. The lowest BCUT2D eigenvalue weighted by Crippen LogP contribution is -2.18.